The molecule has 0 aromatic heterocycles. The number of methoxy groups -OCH3 is 1. The lowest BCUT2D eigenvalue weighted by molar-refractivity contribution is -0.233. The van der Waals surface area contributed by atoms with E-state index in [4.69, 9.17) is 14.2 Å². The van der Waals surface area contributed by atoms with Crippen LogP contribution < -0.4 is 0 Å². The molecule has 2 N–H and O–H groups in total. The van der Waals surface area contributed by atoms with Crippen LogP contribution in [0.5, 0.6) is 0 Å². The maximum atomic E-state index is 13.8. The van der Waals surface area contributed by atoms with Crippen LogP contribution in [-0.4, -0.2) is 82.7 Å². The first kappa shape index (κ1) is 31.5. The van der Waals surface area contributed by atoms with Crippen molar-refractivity contribution in [1.82, 2.24) is 4.90 Å². The number of nitrogens with zero attached hydrogens (tertiary/aromatic N) is 1. The number of ether oxygens (including phenoxy) is 3. The third kappa shape index (κ3) is 7.37. The summed E-state index contributed by atoms with van der Waals surface area (Å²) in [5.41, 5.74) is 0.989. The van der Waals surface area contributed by atoms with Gasteiger partial charge in [-0.25, -0.2) is 4.79 Å². The summed E-state index contributed by atoms with van der Waals surface area (Å²) < 4.78 is 17.1. The highest BCUT2D eigenvalue weighted by atomic mass is 16.6. The van der Waals surface area contributed by atoms with Crippen LogP contribution in [0.15, 0.2) is 23.8 Å². The molecule has 0 radical (unpaired) electrons. The number of likely N-dealkylation sites (tertiary alicyclic amines) is 1. The van der Waals surface area contributed by atoms with Gasteiger partial charge >= 0.3 is 11.8 Å². The van der Waals surface area contributed by atoms with Crippen molar-refractivity contribution in [3.63, 3.8) is 0 Å². The first-order valence-electron chi connectivity index (χ1n) is 14.4. The highest BCUT2D eigenvalue weighted by Gasteiger charge is 2.54. The second-order valence-electron chi connectivity index (χ2n) is 11.9. The second kappa shape index (κ2) is 13.5. The number of carbonyl (C=O) groups is 3. The summed E-state index contributed by atoms with van der Waals surface area (Å²) in [5.74, 6) is -5.28. The molecular weight excluding hydrogens is 502 g/mol. The van der Waals surface area contributed by atoms with Gasteiger partial charge in [0.15, 0.2) is 0 Å². The molecule has 1 aliphatic carbocycles. The van der Waals surface area contributed by atoms with Crippen molar-refractivity contribution in [2.75, 3.05) is 13.7 Å². The molecule has 9 heteroatoms. The normalized spacial score (nSPS) is 33.3. The van der Waals surface area contributed by atoms with Crippen LogP contribution in [0.3, 0.4) is 0 Å². The fraction of sp³-hybridized carbons (Fsp3) is 0.767. The van der Waals surface area contributed by atoms with Crippen LogP contribution >= 0.6 is 0 Å². The largest absolute Gasteiger partial charge is 0.456 e. The van der Waals surface area contributed by atoms with E-state index < -0.39 is 53.7 Å². The topological polar surface area (TPSA) is 123 Å². The van der Waals surface area contributed by atoms with Crippen molar-refractivity contribution in [3.8, 4) is 0 Å². The summed E-state index contributed by atoms with van der Waals surface area (Å²) in [7, 11) is 1.56. The van der Waals surface area contributed by atoms with E-state index in [2.05, 4.69) is 0 Å². The molecule has 3 rings (SSSR count). The summed E-state index contributed by atoms with van der Waals surface area (Å²) in [6, 6.07) is -0.917. The van der Waals surface area contributed by atoms with E-state index in [0.29, 0.717) is 38.5 Å². The lowest BCUT2D eigenvalue weighted by Crippen LogP contribution is -2.62. The predicted molar refractivity (Wildman–Crippen MR) is 145 cm³/mol. The molecule has 1 amide bonds. The van der Waals surface area contributed by atoms with Gasteiger partial charge in [0.2, 0.25) is 5.78 Å². The molecule has 2 aliphatic heterocycles. The van der Waals surface area contributed by atoms with E-state index in [-0.39, 0.29) is 24.5 Å². The number of hydrogen-bond donors (Lipinski definition) is 2. The summed E-state index contributed by atoms with van der Waals surface area (Å²) in [5, 5.41) is 21.5. The predicted octanol–water partition coefficient (Wildman–Crippen LogP) is 3.32. The van der Waals surface area contributed by atoms with Crippen LogP contribution in [0.2, 0.25) is 0 Å². The Morgan fingerprint density at radius 1 is 1.15 bits per heavy atom. The molecule has 0 spiro atoms. The number of ketones is 1. The van der Waals surface area contributed by atoms with Gasteiger partial charge < -0.3 is 29.3 Å². The van der Waals surface area contributed by atoms with E-state index in [9.17, 15) is 24.6 Å². The second-order valence-corrected chi connectivity index (χ2v) is 11.9. The Hall–Kier alpha value is -2.07. The average molecular weight is 550 g/mol. The van der Waals surface area contributed by atoms with E-state index in [1.54, 1.807) is 14.0 Å². The van der Waals surface area contributed by atoms with Gasteiger partial charge in [-0.1, -0.05) is 46.8 Å². The Morgan fingerprint density at radius 3 is 2.51 bits per heavy atom. The van der Waals surface area contributed by atoms with E-state index in [1.807, 2.05) is 45.9 Å². The van der Waals surface area contributed by atoms with Crippen molar-refractivity contribution in [3.05, 3.63) is 23.8 Å². The molecule has 0 saturated carbocycles. The van der Waals surface area contributed by atoms with Crippen molar-refractivity contribution < 1.29 is 38.8 Å². The molecule has 220 valence electrons. The van der Waals surface area contributed by atoms with Gasteiger partial charge in [0.25, 0.3) is 5.91 Å². The quantitative estimate of drug-likeness (QED) is 0.349. The van der Waals surface area contributed by atoms with Crippen molar-refractivity contribution in [1.29, 1.82) is 0 Å². The number of piperidine rings is 1. The zero-order valence-corrected chi connectivity index (χ0v) is 24.3. The molecule has 0 aromatic rings. The third-order valence-corrected chi connectivity index (χ3v) is 8.22. The van der Waals surface area contributed by atoms with E-state index >= 15 is 0 Å². The Labute approximate surface area is 232 Å². The van der Waals surface area contributed by atoms with Crippen molar-refractivity contribution >= 4 is 17.7 Å². The molecule has 2 fully saturated rings. The van der Waals surface area contributed by atoms with Gasteiger partial charge in [0, 0.05) is 19.6 Å². The SMILES string of the molecule is COC1C=C(/C=C/C(OC(=O)C2CCCCN2C(=O)C2(O)OC(C(C)C)CCC(C)C2=O)C(C)C)CCC1O. The molecule has 0 bridgehead atoms. The smallest absolute Gasteiger partial charge is 0.329 e. The van der Waals surface area contributed by atoms with E-state index in [1.165, 1.54) is 4.90 Å². The number of amides is 1. The zero-order valence-electron chi connectivity index (χ0n) is 24.3. The van der Waals surface area contributed by atoms with Gasteiger partial charge in [0.05, 0.1) is 12.2 Å². The molecule has 2 heterocycles. The molecule has 9 nitrogen and oxygen atoms in total. The van der Waals surface area contributed by atoms with Crippen LogP contribution in [-0.2, 0) is 28.6 Å². The van der Waals surface area contributed by atoms with Gasteiger partial charge in [-0.15, -0.1) is 0 Å². The van der Waals surface area contributed by atoms with Crippen LogP contribution in [0.25, 0.3) is 0 Å². The van der Waals surface area contributed by atoms with Gasteiger partial charge in [-0.2, -0.15) is 0 Å². The maximum absolute atomic E-state index is 13.8. The molecule has 7 unspecified atom stereocenters. The molecule has 39 heavy (non-hydrogen) atoms. The molecule has 0 aromatic carbocycles. The summed E-state index contributed by atoms with van der Waals surface area (Å²) >= 11 is 0. The standard InChI is InChI=1S/C30H47NO8/c1-18(2)24(15-12-21-11-13-23(32)26(17-21)37-6)38-28(34)22-9-7-8-16-31(22)29(35)30(36)27(33)20(5)10-14-25(39-30)19(3)4/h12,15,17-20,22-26,32,36H,7-11,13-14,16H2,1-6H3/b15-12+. The minimum absolute atomic E-state index is 0.00448. The number of rotatable bonds is 8. The van der Waals surface area contributed by atoms with Gasteiger partial charge in [0.1, 0.15) is 18.2 Å². The Balaban J connectivity index is 1.79. The van der Waals surface area contributed by atoms with Crippen molar-refractivity contribution in [2.45, 2.75) is 116 Å². The number of carbonyl (C=O) groups excluding carboxylic acids is 3. The highest BCUT2D eigenvalue weighted by Crippen LogP contribution is 2.33. The lowest BCUT2D eigenvalue weighted by atomic mass is 9.92. The maximum Gasteiger partial charge on any atom is 0.329 e. The average Bonchev–Trinajstić information content (AvgIpc) is 3.03. The zero-order chi connectivity index (χ0) is 28.9. The van der Waals surface area contributed by atoms with Crippen LogP contribution in [0.4, 0.5) is 0 Å². The number of aliphatic hydroxyl groups is 2. The molecule has 2 saturated heterocycles. The van der Waals surface area contributed by atoms with Crippen LogP contribution in [0.1, 0.15) is 79.6 Å². The number of esters is 1. The molecular formula is C30H47NO8. The number of aliphatic hydroxyl groups excluding tert-OH is 1. The Bertz CT molecular complexity index is 943. The van der Waals surface area contributed by atoms with Crippen LogP contribution in [0, 0.1) is 17.8 Å². The fourth-order valence-electron chi connectivity index (χ4n) is 5.53. The van der Waals surface area contributed by atoms with Crippen molar-refractivity contribution in [2.24, 2.45) is 17.8 Å². The number of Topliss-reactive ketones (excluding diaryl/α,β-unsaturated/α-hetero) is 1. The lowest BCUT2D eigenvalue weighted by Gasteiger charge is -2.40. The first-order valence-corrected chi connectivity index (χ1v) is 14.4. The van der Waals surface area contributed by atoms with Gasteiger partial charge in [-0.3, -0.25) is 9.59 Å². The third-order valence-electron chi connectivity index (χ3n) is 8.22. The minimum Gasteiger partial charge on any atom is -0.456 e. The highest BCUT2D eigenvalue weighted by molar-refractivity contribution is 6.09. The fourth-order valence-corrected chi connectivity index (χ4v) is 5.53. The molecule has 3 aliphatic rings. The first-order chi connectivity index (χ1) is 18.4. The number of hydrogen-bond acceptors (Lipinski definition) is 8. The Morgan fingerprint density at radius 2 is 1.87 bits per heavy atom. The summed E-state index contributed by atoms with van der Waals surface area (Å²) in [6.45, 7) is 9.67. The Kier molecular flexibility index (Phi) is 10.9. The summed E-state index contributed by atoms with van der Waals surface area (Å²) in [6.07, 6.45) is 7.78. The monoisotopic (exact) mass is 549 g/mol. The summed E-state index contributed by atoms with van der Waals surface area (Å²) in [4.78, 5) is 41.7. The van der Waals surface area contributed by atoms with Gasteiger partial charge in [-0.05, 0) is 68.4 Å². The molecule has 7 atom stereocenters. The minimum atomic E-state index is -2.62. The van der Waals surface area contributed by atoms with E-state index in [0.717, 1.165) is 12.0 Å². The number of allylic oxidation sites excluding steroid dienone is 2.